The highest BCUT2D eigenvalue weighted by molar-refractivity contribution is 5.79. The molecule has 1 fully saturated rings. The number of urea groups is 1. The molecule has 1 heterocycles. The van der Waals surface area contributed by atoms with Gasteiger partial charge in [0.25, 0.3) is 5.91 Å². The lowest BCUT2D eigenvalue weighted by Crippen LogP contribution is -2.54. The molecule has 6 nitrogen and oxygen atoms in total. The number of piperazine rings is 1. The van der Waals surface area contributed by atoms with Crippen molar-refractivity contribution in [3.63, 3.8) is 0 Å². The van der Waals surface area contributed by atoms with Gasteiger partial charge in [0.05, 0.1) is 0 Å². The maximum Gasteiger partial charge on any atom is 0.317 e. The Morgan fingerprint density at radius 3 is 2.30 bits per heavy atom. The van der Waals surface area contributed by atoms with E-state index in [0.29, 0.717) is 38.5 Å². The average Bonchev–Trinajstić information content (AvgIpc) is 2.59. The van der Waals surface area contributed by atoms with E-state index in [0.717, 1.165) is 12.0 Å². The minimum atomic E-state index is -0.0464. The van der Waals surface area contributed by atoms with E-state index in [9.17, 15) is 9.59 Å². The highest BCUT2D eigenvalue weighted by Gasteiger charge is 2.23. The topological polar surface area (TPSA) is 61.9 Å². The third-order valence-electron chi connectivity index (χ3n) is 3.83. The molecular formula is C17H25N3O3. The standard InChI is InChI=1S/C17H25N3O3/c1-3-8-18-17(22)20-11-9-19(10-12-20)16(21)13-23-15-6-4-14(2)5-7-15/h4-7H,3,8-13H2,1-2H3,(H,18,22). The SMILES string of the molecule is CCCNC(=O)N1CCN(C(=O)COc2ccc(C)cc2)CC1. The molecule has 1 aliphatic rings. The quantitative estimate of drug-likeness (QED) is 0.897. The fraction of sp³-hybridized carbons (Fsp3) is 0.529. The van der Waals surface area contributed by atoms with Gasteiger partial charge in [-0.15, -0.1) is 0 Å². The van der Waals surface area contributed by atoms with Crippen LogP contribution in [-0.2, 0) is 4.79 Å². The molecule has 23 heavy (non-hydrogen) atoms. The molecule has 0 radical (unpaired) electrons. The summed E-state index contributed by atoms with van der Waals surface area (Å²) in [5.74, 6) is 0.653. The smallest absolute Gasteiger partial charge is 0.317 e. The first kappa shape index (κ1) is 17.1. The van der Waals surface area contributed by atoms with E-state index in [1.54, 1.807) is 9.80 Å². The molecule has 2 rings (SSSR count). The molecule has 1 aromatic rings. The van der Waals surface area contributed by atoms with Crippen LogP contribution in [0.25, 0.3) is 0 Å². The zero-order chi connectivity index (χ0) is 16.7. The zero-order valence-corrected chi connectivity index (χ0v) is 13.9. The van der Waals surface area contributed by atoms with Gasteiger partial charge in [-0.25, -0.2) is 4.79 Å². The van der Waals surface area contributed by atoms with Crippen molar-refractivity contribution in [3.05, 3.63) is 29.8 Å². The van der Waals surface area contributed by atoms with Crippen LogP contribution in [0, 0.1) is 6.92 Å². The van der Waals surface area contributed by atoms with E-state index in [2.05, 4.69) is 5.32 Å². The van der Waals surface area contributed by atoms with Gasteiger partial charge < -0.3 is 19.9 Å². The van der Waals surface area contributed by atoms with Crippen molar-refractivity contribution in [1.29, 1.82) is 0 Å². The number of hydrogen-bond donors (Lipinski definition) is 1. The van der Waals surface area contributed by atoms with Crippen LogP contribution in [0.4, 0.5) is 4.79 Å². The number of carbonyl (C=O) groups excluding carboxylic acids is 2. The first-order valence-corrected chi connectivity index (χ1v) is 8.10. The summed E-state index contributed by atoms with van der Waals surface area (Å²) < 4.78 is 5.52. The number of amides is 3. The third-order valence-corrected chi connectivity index (χ3v) is 3.83. The second kappa shape index (κ2) is 8.41. The highest BCUT2D eigenvalue weighted by atomic mass is 16.5. The van der Waals surface area contributed by atoms with Crippen molar-refractivity contribution in [1.82, 2.24) is 15.1 Å². The van der Waals surface area contributed by atoms with Crippen LogP contribution in [0.2, 0.25) is 0 Å². The Kier molecular flexibility index (Phi) is 6.26. The summed E-state index contributed by atoms with van der Waals surface area (Å²) in [6, 6.07) is 7.58. The van der Waals surface area contributed by atoms with E-state index in [1.165, 1.54) is 0 Å². The normalized spacial score (nSPS) is 14.5. The minimum absolute atomic E-state index is 0.0328. The van der Waals surface area contributed by atoms with Crippen LogP contribution < -0.4 is 10.1 Å². The van der Waals surface area contributed by atoms with Crippen LogP contribution in [-0.4, -0.2) is 61.1 Å². The van der Waals surface area contributed by atoms with E-state index in [-0.39, 0.29) is 18.5 Å². The second-order valence-corrected chi connectivity index (χ2v) is 5.70. The zero-order valence-electron chi connectivity index (χ0n) is 13.9. The Morgan fingerprint density at radius 2 is 1.70 bits per heavy atom. The van der Waals surface area contributed by atoms with Gasteiger partial charge in [0.1, 0.15) is 5.75 Å². The summed E-state index contributed by atoms with van der Waals surface area (Å²) >= 11 is 0. The Balaban J connectivity index is 1.73. The molecular weight excluding hydrogens is 294 g/mol. The molecule has 6 heteroatoms. The van der Waals surface area contributed by atoms with Crippen molar-refractivity contribution >= 4 is 11.9 Å². The first-order valence-electron chi connectivity index (χ1n) is 8.10. The lowest BCUT2D eigenvalue weighted by molar-refractivity contribution is -0.134. The van der Waals surface area contributed by atoms with Crippen LogP contribution >= 0.6 is 0 Å². The van der Waals surface area contributed by atoms with Gasteiger partial charge in [-0.05, 0) is 25.5 Å². The largest absolute Gasteiger partial charge is 0.484 e. The van der Waals surface area contributed by atoms with E-state index in [1.807, 2.05) is 38.1 Å². The number of aryl methyl sites for hydroxylation is 1. The van der Waals surface area contributed by atoms with Crippen LogP contribution in [0.1, 0.15) is 18.9 Å². The van der Waals surface area contributed by atoms with Crippen LogP contribution in [0.3, 0.4) is 0 Å². The van der Waals surface area contributed by atoms with Gasteiger partial charge >= 0.3 is 6.03 Å². The van der Waals surface area contributed by atoms with Gasteiger partial charge in [-0.3, -0.25) is 4.79 Å². The summed E-state index contributed by atoms with van der Waals surface area (Å²) in [5.41, 5.74) is 1.15. The average molecular weight is 319 g/mol. The molecule has 3 amide bonds. The predicted octanol–water partition coefficient (Wildman–Crippen LogP) is 1.64. The molecule has 1 N–H and O–H groups in total. The molecule has 0 spiro atoms. The number of rotatable bonds is 5. The summed E-state index contributed by atoms with van der Waals surface area (Å²) in [4.78, 5) is 27.5. The number of hydrogen-bond acceptors (Lipinski definition) is 3. The molecule has 0 atom stereocenters. The second-order valence-electron chi connectivity index (χ2n) is 5.70. The maximum absolute atomic E-state index is 12.2. The molecule has 126 valence electrons. The molecule has 0 unspecified atom stereocenters. The van der Waals surface area contributed by atoms with Crippen molar-refractivity contribution in [2.75, 3.05) is 39.3 Å². The molecule has 0 aromatic heterocycles. The summed E-state index contributed by atoms with van der Waals surface area (Å²) in [6.07, 6.45) is 0.917. The first-order chi connectivity index (χ1) is 11.1. The van der Waals surface area contributed by atoms with Crippen molar-refractivity contribution in [2.45, 2.75) is 20.3 Å². The Hall–Kier alpha value is -2.24. The summed E-state index contributed by atoms with van der Waals surface area (Å²) in [6.45, 7) is 6.96. The monoisotopic (exact) mass is 319 g/mol. The Bertz CT molecular complexity index is 522. The van der Waals surface area contributed by atoms with Crippen molar-refractivity contribution in [3.8, 4) is 5.75 Å². The van der Waals surface area contributed by atoms with Crippen molar-refractivity contribution in [2.24, 2.45) is 0 Å². The molecule has 1 aliphatic heterocycles. The van der Waals surface area contributed by atoms with Gasteiger partial charge in [-0.1, -0.05) is 24.6 Å². The summed E-state index contributed by atoms with van der Waals surface area (Å²) in [5, 5.41) is 2.86. The number of carbonyl (C=O) groups is 2. The Morgan fingerprint density at radius 1 is 1.09 bits per heavy atom. The fourth-order valence-corrected chi connectivity index (χ4v) is 2.37. The Labute approximate surface area is 137 Å². The predicted molar refractivity (Wildman–Crippen MR) is 88.5 cm³/mol. The maximum atomic E-state index is 12.2. The van der Waals surface area contributed by atoms with Gasteiger partial charge in [-0.2, -0.15) is 0 Å². The highest BCUT2D eigenvalue weighted by Crippen LogP contribution is 2.12. The van der Waals surface area contributed by atoms with Crippen LogP contribution in [0.15, 0.2) is 24.3 Å². The molecule has 1 aromatic carbocycles. The van der Waals surface area contributed by atoms with E-state index in [4.69, 9.17) is 4.74 Å². The molecule has 0 saturated carbocycles. The lowest BCUT2D eigenvalue weighted by Gasteiger charge is -2.34. The fourth-order valence-electron chi connectivity index (χ4n) is 2.37. The van der Waals surface area contributed by atoms with Crippen molar-refractivity contribution < 1.29 is 14.3 Å². The minimum Gasteiger partial charge on any atom is -0.484 e. The lowest BCUT2D eigenvalue weighted by atomic mass is 10.2. The molecule has 0 aliphatic carbocycles. The molecule has 0 bridgehead atoms. The number of ether oxygens (including phenoxy) is 1. The van der Waals surface area contributed by atoms with E-state index >= 15 is 0 Å². The number of nitrogens with zero attached hydrogens (tertiary/aromatic N) is 2. The van der Waals surface area contributed by atoms with Crippen LogP contribution in [0.5, 0.6) is 5.75 Å². The van der Waals surface area contributed by atoms with E-state index < -0.39 is 0 Å². The van der Waals surface area contributed by atoms with Gasteiger partial charge in [0.2, 0.25) is 0 Å². The number of benzene rings is 1. The van der Waals surface area contributed by atoms with Gasteiger partial charge in [0, 0.05) is 32.7 Å². The third kappa shape index (κ3) is 5.16. The summed E-state index contributed by atoms with van der Waals surface area (Å²) in [7, 11) is 0. The van der Waals surface area contributed by atoms with Gasteiger partial charge in [0.15, 0.2) is 6.61 Å². The molecule has 1 saturated heterocycles. The number of nitrogens with one attached hydrogen (secondary N) is 1.